The van der Waals surface area contributed by atoms with E-state index in [2.05, 4.69) is 11.1 Å². The van der Waals surface area contributed by atoms with E-state index < -0.39 is 0 Å². The van der Waals surface area contributed by atoms with Crippen LogP contribution in [0.3, 0.4) is 0 Å². The third kappa shape index (κ3) is 1.55. The number of nitrogens with zero attached hydrogens (tertiary/aromatic N) is 1. The summed E-state index contributed by atoms with van der Waals surface area (Å²) in [6.07, 6.45) is 9.33. The minimum absolute atomic E-state index is 0.130. The van der Waals surface area contributed by atoms with Gasteiger partial charge in [0.05, 0.1) is 6.10 Å². The highest BCUT2D eigenvalue weighted by atomic mass is 16.3. The lowest BCUT2D eigenvalue weighted by atomic mass is 9.80. The first-order valence-electron chi connectivity index (χ1n) is 7.48. The topological polar surface area (TPSA) is 33.1 Å². The predicted molar refractivity (Wildman–Crippen MR) is 70.2 cm³/mol. The van der Waals surface area contributed by atoms with Crippen LogP contribution in [0, 0.1) is 17.8 Å². The van der Waals surface area contributed by atoms with Crippen molar-refractivity contribution >= 4 is 0 Å². The quantitative estimate of drug-likeness (QED) is 0.866. The number of aliphatic hydroxyl groups is 1. The molecule has 0 aliphatic heterocycles. The van der Waals surface area contributed by atoms with Gasteiger partial charge >= 0.3 is 0 Å². The van der Waals surface area contributed by atoms with Crippen molar-refractivity contribution in [2.24, 2.45) is 17.8 Å². The minimum Gasteiger partial charge on any atom is -0.392 e. The maximum Gasteiger partial charge on any atom is 0.0657 e. The van der Waals surface area contributed by atoms with Crippen LogP contribution in [0.15, 0.2) is 18.3 Å². The molecule has 2 fully saturated rings. The lowest BCUT2D eigenvalue weighted by Crippen LogP contribution is -2.27. The van der Waals surface area contributed by atoms with Crippen molar-refractivity contribution in [1.29, 1.82) is 0 Å². The molecular weight excluding hydrogens is 222 g/mol. The largest absolute Gasteiger partial charge is 0.392 e. The predicted octanol–water partition coefficient (Wildman–Crippen LogP) is 2.91. The van der Waals surface area contributed by atoms with Gasteiger partial charge in [0.1, 0.15) is 0 Å². The van der Waals surface area contributed by atoms with Gasteiger partial charge in [0.15, 0.2) is 0 Å². The highest BCUT2D eigenvalue weighted by molar-refractivity contribution is 5.28. The first-order chi connectivity index (χ1) is 8.86. The highest BCUT2D eigenvalue weighted by Gasteiger charge is 2.57. The van der Waals surface area contributed by atoms with E-state index in [4.69, 9.17) is 0 Å². The Kier molecular flexibility index (Phi) is 2.47. The lowest BCUT2D eigenvalue weighted by Gasteiger charge is -2.29. The van der Waals surface area contributed by atoms with Gasteiger partial charge in [-0.05, 0) is 61.5 Å². The van der Waals surface area contributed by atoms with Crippen LogP contribution in [0.2, 0.25) is 0 Å². The maximum absolute atomic E-state index is 10.7. The molecule has 4 rings (SSSR count). The summed E-state index contributed by atoms with van der Waals surface area (Å²) in [5, 5.41) is 10.7. The van der Waals surface area contributed by atoms with Crippen LogP contribution >= 0.6 is 0 Å². The molecule has 3 aliphatic carbocycles. The molecule has 96 valence electrons. The number of aromatic nitrogens is 1. The van der Waals surface area contributed by atoms with Crippen LogP contribution in [0.5, 0.6) is 0 Å². The molecule has 4 atom stereocenters. The summed E-state index contributed by atoms with van der Waals surface area (Å²) in [5.41, 5.74) is 2.57. The van der Waals surface area contributed by atoms with Crippen molar-refractivity contribution in [2.75, 3.05) is 0 Å². The number of hydrogen-bond acceptors (Lipinski definition) is 2. The van der Waals surface area contributed by atoms with E-state index in [0.717, 1.165) is 24.7 Å². The van der Waals surface area contributed by atoms with E-state index in [1.807, 2.05) is 12.3 Å². The average Bonchev–Trinajstić information content (AvgIpc) is 2.90. The van der Waals surface area contributed by atoms with Crippen LogP contribution in [0.25, 0.3) is 0 Å². The van der Waals surface area contributed by atoms with Crippen molar-refractivity contribution in [2.45, 2.75) is 50.5 Å². The van der Waals surface area contributed by atoms with Gasteiger partial charge < -0.3 is 5.11 Å². The molecule has 18 heavy (non-hydrogen) atoms. The second kappa shape index (κ2) is 4.06. The zero-order valence-corrected chi connectivity index (χ0v) is 10.8. The second-order valence-electron chi connectivity index (χ2n) is 6.37. The smallest absolute Gasteiger partial charge is 0.0657 e. The Balaban J connectivity index is 1.59. The Labute approximate surface area is 108 Å². The van der Waals surface area contributed by atoms with E-state index >= 15 is 0 Å². The standard InChI is InChI=1S/C16H21NO/c18-16(14-11-6-2-7-12(11)14)13-8-1-4-10-5-3-9-17-15(10)13/h3,5,9,11-14,16,18H,1-2,4,6-8H2. The highest BCUT2D eigenvalue weighted by Crippen LogP contribution is 2.61. The maximum atomic E-state index is 10.7. The summed E-state index contributed by atoms with van der Waals surface area (Å²) in [6, 6.07) is 4.22. The Morgan fingerprint density at radius 3 is 2.83 bits per heavy atom. The number of fused-ring (bicyclic) bond motifs is 2. The third-order valence-electron chi connectivity index (χ3n) is 5.52. The van der Waals surface area contributed by atoms with Crippen LogP contribution in [0.1, 0.15) is 49.3 Å². The molecule has 2 nitrogen and oxygen atoms in total. The summed E-state index contributed by atoms with van der Waals surface area (Å²) in [6.45, 7) is 0. The van der Waals surface area contributed by atoms with E-state index in [1.54, 1.807) is 0 Å². The van der Waals surface area contributed by atoms with Crippen molar-refractivity contribution in [3.05, 3.63) is 29.6 Å². The molecule has 0 radical (unpaired) electrons. The second-order valence-corrected chi connectivity index (χ2v) is 6.37. The Morgan fingerprint density at radius 2 is 2.00 bits per heavy atom. The Morgan fingerprint density at radius 1 is 1.17 bits per heavy atom. The van der Waals surface area contributed by atoms with E-state index in [1.165, 1.54) is 36.9 Å². The monoisotopic (exact) mass is 243 g/mol. The van der Waals surface area contributed by atoms with Crippen molar-refractivity contribution in [3.8, 4) is 0 Å². The number of aliphatic hydroxyl groups excluding tert-OH is 1. The molecule has 1 heterocycles. The third-order valence-corrected chi connectivity index (χ3v) is 5.52. The molecule has 3 aliphatic rings. The molecule has 1 aromatic heterocycles. The van der Waals surface area contributed by atoms with Crippen molar-refractivity contribution < 1.29 is 5.11 Å². The van der Waals surface area contributed by atoms with Gasteiger partial charge in [-0.25, -0.2) is 0 Å². The normalized spacial score (nSPS) is 38.9. The van der Waals surface area contributed by atoms with Crippen LogP contribution in [-0.4, -0.2) is 16.2 Å². The van der Waals surface area contributed by atoms with E-state index in [-0.39, 0.29) is 6.10 Å². The molecule has 0 saturated heterocycles. The summed E-state index contributed by atoms with van der Waals surface area (Å²) < 4.78 is 0. The number of aryl methyl sites for hydroxylation is 1. The van der Waals surface area contributed by atoms with Gasteiger partial charge in [-0.1, -0.05) is 12.5 Å². The summed E-state index contributed by atoms with van der Waals surface area (Å²) in [7, 11) is 0. The fourth-order valence-electron chi connectivity index (χ4n) is 4.63. The summed E-state index contributed by atoms with van der Waals surface area (Å²) >= 11 is 0. The molecule has 0 amide bonds. The molecule has 1 N–H and O–H groups in total. The number of rotatable bonds is 2. The molecule has 4 unspecified atom stereocenters. The Bertz CT molecular complexity index is 448. The van der Waals surface area contributed by atoms with Crippen molar-refractivity contribution in [3.63, 3.8) is 0 Å². The van der Waals surface area contributed by atoms with Crippen molar-refractivity contribution in [1.82, 2.24) is 4.98 Å². The van der Waals surface area contributed by atoms with Gasteiger partial charge in [0, 0.05) is 17.8 Å². The lowest BCUT2D eigenvalue weighted by molar-refractivity contribution is 0.0969. The minimum atomic E-state index is -0.130. The van der Waals surface area contributed by atoms with Gasteiger partial charge in [-0.2, -0.15) is 0 Å². The van der Waals surface area contributed by atoms with Crippen LogP contribution < -0.4 is 0 Å². The molecular formula is C16H21NO. The van der Waals surface area contributed by atoms with Gasteiger partial charge in [-0.15, -0.1) is 0 Å². The summed E-state index contributed by atoms with van der Waals surface area (Å²) in [5.74, 6) is 2.59. The molecule has 0 aromatic carbocycles. The average molecular weight is 243 g/mol. The molecule has 1 aromatic rings. The molecule has 2 heteroatoms. The van der Waals surface area contributed by atoms with Gasteiger partial charge in [-0.3, -0.25) is 4.98 Å². The Hall–Kier alpha value is -0.890. The van der Waals surface area contributed by atoms with Crippen LogP contribution in [0.4, 0.5) is 0 Å². The van der Waals surface area contributed by atoms with E-state index in [0.29, 0.717) is 11.8 Å². The fraction of sp³-hybridized carbons (Fsp3) is 0.688. The summed E-state index contributed by atoms with van der Waals surface area (Å²) in [4.78, 5) is 4.57. The van der Waals surface area contributed by atoms with E-state index in [9.17, 15) is 5.11 Å². The first-order valence-corrected chi connectivity index (χ1v) is 7.48. The molecule has 2 saturated carbocycles. The fourth-order valence-corrected chi connectivity index (χ4v) is 4.63. The zero-order valence-electron chi connectivity index (χ0n) is 10.8. The van der Waals surface area contributed by atoms with Crippen LogP contribution in [-0.2, 0) is 6.42 Å². The molecule has 0 spiro atoms. The van der Waals surface area contributed by atoms with Gasteiger partial charge in [0.2, 0.25) is 0 Å². The number of pyridine rings is 1. The SMILES string of the molecule is OC(C1CCCc2cccnc21)C1C2CCCC21. The zero-order chi connectivity index (χ0) is 12.1. The number of hydrogen-bond donors (Lipinski definition) is 1. The molecule has 0 bridgehead atoms. The first kappa shape index (κ1) is 11.0. The van der Waals surface area contributed by atoms with Gasteiger partial charge in [0.25, 0.3) is 0 Å².